The predicted octanol–water partition coefficient (Wildman–Crippen LogP) is 2.76. The molecule has 0 saturated carbocycles. The second-order valence-electron chi connectivity index (χ2n) is 5.24. The van der Waals surface area contributed by atoms with Gasteiger partial charge in [0, 0.05) is 6.04 Å². The van der Waals surface area contributed by atoms with Crippen LogP contribution in [0.4, 0.5) is 0 Å². The molecular formula is C14H24N2O. The molecule has 2 heterocycles. The van der Waals surface area contributed by atoms with Crippen LogP contribution in [-0.2, 0) is 13.1 Å². The Morgan fingerprint density at radius 2 is 1.88 bits per heavy atom. The van der Waals surface area contributed by atoms with Crippen molar-refractivity contribution in [2.75, 3.05) is 13.1 Å². The zero-order valence-electron chi connectivity index (χ0n) is 11.0. The maximum atomic E-state index is 5.83. The number of nitrogens with zero attached hydrogens (tertiary/aromatic N) is 1. The third kappa shape index (κ3) is 4.17. The number of rotatable bonds is 5. The topological polar surface area (TPSA) is 28.4 Å². The van der Waals surface area contributed by atoms with E-state index in [1.165, 1.54) is 32.4 Å². The van der Waals surface area contributed by atoms with Gasteiger partial charge in [0.1, 0.15) is 11.5 Å². The maximum absolute atomic E-state index is 5.83. The second kappa shape index (κ2) is 6.22. The lowest BCUT2D eigenvalue weighted by molar-refractivity contribution is 0.203. The molecule has 1 aromatic rings. The van der Waals surface area contributed by atoms with Gasteiger partial charge in [-0.3, -0.25) is 4.90 Å². The van der Waals surface area contributed by atoms with E-state index in [1.807, 2.05) is 0 Å². The fourth-order valence-corrected chi connectivity index (χ4v) is 2.24. The molecule has 1 aromatic heterocycles. The standard InChI is InChI=1S/C14H24N2O/c1-12(2)15-10-13-6-7-14(17-13)11-16-8-4-3-5-9-16/h6-7,12,15H,3-5,8-11H2,1-2H3. The van der Waals surface area contributed by atoms with Crippen LogP contribution in [0.2, 0.25) is 0 Å². The van der Waals surface area contributed by atoms with Crippen molar-refractivity contribution in [3.63, 3.8) is 0 Å². The van der Waals surface area contributed by atoms with Crippen molar-refractivity contribution in [1.29, 1.82) is 0 Å². The maximum Gasteiger partial charge on any atom is 0.118 e. The van der Waals surface area contributed by atoms with Crippen LogP contribution < -0.4 is 5.32 Å². The summed E-state index contributed by atoms with van der Waals surface area (Å²) in [7, 11) is 0. The summed E-state index contributed by atoms with van der Waals surface area (Å²) in [6.45, 7) is 8.55. The highest BCUT2D eigenvalue weighted by molar-refractivity contribution is 5.07. The average Bonchev–Trinajstić information content (AvgIpc) is 2.75. The van der Waals surface area contributed by atoms with Crippen molar-refractivity contribution in [2.45, 2.75) is 52.2 Å². The first-order valence-electron chi connectivity index (χ1n) is 6.77. The third-order valence-corrected chi connectivity index (χ3v) is 3.23. The monoisotopic (exact) mass is 236 g/mol. The van der Waals surface area contributed by atoms with Gasteiger partial charge in [0.15, 0.2) is 0 Å². The van der Waals surface area contributed by atoms with E-state index < -0.39 is 0 Å². The van der Waals surface area contributed by atoms with Crippen LogP contribution in [0.1, 0.15) is 44.6 Å². The van der Waals surface area contributed by atoms with Crippen molar-refractivity contribution in [2.24, 2.45) is 0 Å². The molecule has 1 fully saturated rings. The van der Waals surface area contributed by atoms with Crippen LogP contribution in [0, 0.1) is 0 Å². The first kappa shape index (κ1) is 12.7. The largest absolute Gasteiger partial charge is 0.463 e. The number of nitrogens with one attached hydrogen (secondary N) is 1. The van der Waals surface area contributed by atoms with Crippen molar-refractivity contribution in [3.8, 4) is 0 Å². The molecule has 17 heavy (non-hydrogen) atoms. The van der Waals surface area contributed by atoms with E-state index >= 15 is 0 Å². The van der Waals surface area contributed by atoms with Gasteiger partial charge >= 0.3 is 0 Å². The van der Waals surface area contributed by atoms with Gasteiger partial charge in [0.05, 0.1) is 13.1 Å². The molecule has 0 unspecified atom stereocenters. The number of hydrogen-bond donors (Lipinski definition) is 1. The van der Waals surface area contributed by atoms with Crippen molar-refractivity contribution >= 4 is 0 Å². The summed E-state index contributed by atoms with van der Waals surface area (Å²) in [5.74, 6) is 2.15. The lowest BCUT2D eigenvalue weighted by atomic mass is 10.1. The number of piperidine rings is 1. The Bertz CT molecular complexity index is 327. The fraction of sp³-hybridized carbons (Fsp3) is 0.714. The highest BCUT2D eigenvalue weighted by Gasteiger charge is 2.12. The molecule has 0 spiro atoms. The van der Waals surface area contributed by atoms with E-state index in [0.717, 1.165) is 24.6 Å². The molecule has 3 heteroatoms. The number of furan rings is 1. The van der Waals surface area contributed by atoms with Gasteiger partial charge in [-0.05, 0) is 38.1 Å². The van der Waals surface area contributed by atoms with Gasteiger partial charge in [-0.15, -0.1) is 0 Å². The van der Waals surface area contributed by atoms with Crippen LogP contribution in [0.5, 0.6) is 0 Å². The zero-order valence-corrected chi connectivity index (χ0v) is 11.0. The fourth-order valence-electron chi connectivity index (χ4n) is 2.24. The Balaban J connectivity index is 1.80. The lowest BCUT2D eigenvalue weighted by Gasteiger charge is -2.25. The summed E-state index contributed by atoms with van der Waals surface area (Å²) in [5, 5.41) is 3.37. The van der Waals surface area contributed by atoms with Crippen LogP contribution in [0.15, 0.2) is 16.5 Å². The molecule has 1 saturated heterocycles. The molecule has 0 radical (unpaired) electrons. The van der Waals surface area contributed by atoms with Gasteiger partial charge in [-0.25, -0.2) is 0 Å². The van der Waals surface area contributed by atoms with Crippen LogP contribution in [0.3, 0.4) is 0 Å². The van der Waals surface area contributed by atoms with Crippen LogP contribution in [-0.4, -0.2) is 24.0 Å². The first-order valence-corrected chi connectivity index (χ1v) is 6.77. The van der Waals surface area contributed by atoms with E-state index in [4.69, 9.17) is 4.42 Å². The van der Waals surface area contributed by atoms with Crippen molar-refractivity contribution in [3.05, 3.63) is 23.7 Å². The molecule has 1 aliphatic rings. The second-order valence-corrected chi connectivity index (χ2v) is 5.24. The molecule has 3 nitrogen and oxygen atoms in total. The molecule has 0 aliphatic carbocycles. The van der Waals surface area contributed by atoms with Crippen LogP contribution >= 0.6 is 0 Å². The highest BCUT2D eigenvalue weighted by Crippen LogP contribution is 2.15. The van der Waals surface area contributed by atoms with E-state index in [9.17, 15) is 0 Å². The predicted molar refractivity (Wildman–Crippen MR) is 69.8 cm³/mol. The minimum atomic E-state index is 0.505. The molecule has 96 valence electrons. The Hall–Kier alpha value is -0.800. The Kier molecular flexibility index (Phi) is 4.63. The molecule has 1 aliphatic heterocycles. The third-order valence-electron chi connectivity index (χ3n) is 3.23. The minimum Gasteiger partial charge on any atom is -0.463 e. The molecule has 1 N–H and O–H groups in total. The number of hydrogen-bond acceptors (Lipinski definition) is 3. The van der Waals surface area contributed by atoms with Gasteiger partial charge in [-0.2, -0.15) is 0 Å². The van der Waals surface area contributed by atoms with E-state index in [-0.39, 0.29) is 0 Å². The highest BCUT2D eigenvalue weighted by atomic mass is 16.3. The summed E-state index contributed by atoms with van der Waals surface area (Å²) < 4.78 is 5.83. The molecular weight excluding hydrogens is 212 g/mol. The Labute approximate surface area is 104 Å². The summed E-state index contributed by atoms with van der Waals surface area (Å²) in [6.07, 6.45) is 4.06. The first-order chi connectivity index (χ1) is 8.24. The van der Waals surface area contributed by atoms with E-state index in [0.29, 0.717) is 6.04 Å². The zero-order chi connectivity index (χ0) is 12.1. The summed E-state index contributed by atoms with van der Waals surface area (Å²) in [4.78, 5) is 2.49. The van der Waals surface area contributed by atoms with Gasteiger partial charge in [-0.1, -0.05) is 20.3 Å². The van der Waals surface area contributed by atoms with Gasteiger partial charge < -0.3 is 9.73 Å². The lowest BCUT2D eigenvalue weighted by Crippen LogP contribution is -2.28. The number of likely N-dealkylation sites (tertiary alicyclic amines) is 1. The summed E-state index contributed by atoms with van der Waals surface area (Å²) >= 11 is 0. The van der Waals surface area contributed by atoms with Crippen molar-refractivity contribution in [1.82, 2.24) is 10.2 Å². The van der Waals surface area contributed by atoms with Gasteiger partial charge in [0.25, 0.3) is 0 Å². The summed E-state index contributed by atoms with van der Waals surface area (Å²) in [6, 6.07) is 4.71. The SMILES string of the molecule is CC(C)NCc1ccc(CN2CCCCC2)o1. The van der Waals surface area contributed by atoms with E-state index in [2.05, 4.69) is 36.2 Å². The van der Waals surface area contributed by atoms with Crippen molar-refractivity contribution < 1.29 is 4.42 Å². The molecule has 2 rings (SSSR count). The normalized spacial score (nSPS) is 17.8. The van der Waals surface area contributed by atoms with Crippen LogP contribution in [0.25, 0.3) is 0 Å². The minimum absolute atomic E-state index is 0.505. The molecule has 0 amide bonds. The smallest absolute Gasteiger partial charge is 0.118 e. The van der Waals surface area contributed by atoms with Gasteiger partial charge in [0.2, 0.25) is 0 Å². The Morgan fingerprint density at radius 1 is 1.18 bits per heavy atom. The molecule has 0 bridgehead atoms. The van der Waals surface area contributed by atoms with E-state index in [1.54, 1.807) is 0 Å². The molecule has 0 atom stereocenters. The summed E-state index contributed by atoms with van der Waals surface area (Å²) in [5.41, 5.74) is 0. The quantitative estimate of drug-likeness (QED) is 0.852. The Morgan fingerprint density at radius 3 is 2.59 bits per heavy atom. The average molecular weight is 236 g/mol. The molecule has 0 aromatic carbocycles.